The van der Waals surface area contributed by atoms with E-state index in [1.54, 1.807) is 0 Å². The Morgan fingerprint density at radius 1 is 1.19 bits per heavy atom. The van der Waals surface area contributed by atoms with Crippen molar-refractivity contribution in [3.8, 4) is 0 Å². The monoisotopic (exact) mass is 303 g/mol. The molecular weight excluding hydrogens is 287 g/mol. The van der Waals surface area contributed by atoms with Crippen LogP contribution in [0.5, 0.6) is 0 Å². The molecule has 1 amide bonds. The molecule has 1 fully saturated rings. The van der Waals surface area contributed by atoms with Gasteiger partial charge in [-0.25, -0.2) is 0 Å². The second kappa shape index (κ2) is 6.03. The highest BCUT2D eigenvalue weighted by molar-refractivity contribution is 5.77. The van der Waals surface area contributed by atoms with Gasteiger partial charge < -0.3 is 15.1 Å². The number of hydrogen-bond donors (Lipinski definition) is 2. The molecule has 1 aromatic carbocycles. The number of aliphatic hydroxyl groups excluding tert-OH is 2. The molecule has 116 valence electrons. The van der Waals surface area contributed by atoms with E-state index in [2.05, 4.69) is 0 Å². The van der Waals surface area contributed by atoms with Gasteiger partial charge in [-0.2, -0.15) is 13.2 Å². The largest absolute Gasteiger partial charge is 0.416 e. The number of nitrogens with zero attached hydrogens (tertiary/aromatic N) is 1. The molecule has 0 aromatic heterocycles. The molecule has 21 heavy (non-hydrogen) atoms. The van der Waals surface area contributed by atoms with E-state index in [0.29, 0.717) is 0 Å². The standard InChI is InChI=1S/C14H16F3NO3/c15-14(16,17)10-4-2-1-3-9(10)5-6-13(21)18-7-11(19)12(20)8-18/h1-4,11-12,19-20H,5-8H2/t11-,12-/m0/s1. The average Bonchev–Trinajstić information content (AvgIpc) is 2.75. The summed E-state index contributed by atoms with van der Waals surface area (Å²) in [5.74, 6) is -0.373. The highest BCUT2D eigenvalue weighted by Crippen LogP contribution is 2.32. The molecule has 2 N–H and O–H groups in total. The van der Waals surface area contributed by atoms with Gasteiger partial charge in [0.05, 0.1) is 17.8 Å². The predicted molar refractivity (Wildman–Crippen MR) is 68.4 cm³/mol. The maximum atomic E-state index is 12.8. The summed E-state index contributed by atoms with van der Waals surface area (Å²) >= 11 is 0. The van der Waals surface area contributed by atoms with E-state index in [-0.39, 0.29) is 37.4 Å². The zero-order chi connectivity index (χ0) is 15.6. The van der Waals surface area contributed by atoms with Crippen LogP contribution in [0, 0.1) is 0 Å². The number of aryl methyl sites for hydroxylation is 1. The normalized spacial score (nSPS) is 22.6. The molecular formula is C14H16F3NO3. The molecule has 2 atom stereocenters. The van der Waals surface area contributed by atoms with Crippen LogP contribution >= 0.6 is 0 Å². The molecule has 0 bridgehead atoms. The van der Waals surface area contributed by atoms with Gasteiger partial charge in [0.15, 0.2) is 0 Å². The predicted octanol–water partition coefficient (Wildman–Crippen LogP) is 1.20. The molecule has 0 saturated carbocycles. The third-order valence-corrected chi connectivity index (χ3v) is 3.54. The first-order valence-corrected chi connectivity index (χ1v) is 6.58. The molecule has 0 radical (unpaired) electrons. The van der Waals surface area contributed by atoms with Crippen molar-refractivity contribution in [1.29, 1.82) is 0 Å². The summed E-state index contributed by atoms with van der Waals surface area (Å²) in [7, 11) is 0. The molecule has 0 spiro atoms. The maximum absolute atomic E-state index is 12.8. The molecule has 2 rings (SSSR count). The Labute approximate surface area is 119 Å². The first-order chi connectivity index (χ1) is 9.79. The van der Waals surface area contributed by atoms with Crippen LogP contribution in [-0.2, 0) is 17.4 Å². The van der Waals surface area contributed by atoms with E-state index in [1.165, 1.54) is 23.1 Å². The number of alkyl halides is 3. The summed E-state index contributed by atoms with van der Waals surface area (Å²) in [6.07, 6.45) is -6.54. The minimum Gasteiger partial charge on any atom is -0.388 e. The van der Waals surface area contributed by atoms with Crippen LogP contribution in [0.1, 0.15) is 17.5 Å². The van der Waals surface area contributed by atoms with Crippen molar-refractivity contribution in [3.05, 3.63) is 35.4 Å². The Kier molecular flexibility index (Phi) is 4.53. The molecule has 7 heteroatoms. The minimum atomic E-state index is -4.44. The summed E-state index contributed by atoms with van der Waals surface area (Å²) in [6.45, 7) is 0.0296. The molecule has 1 heterocycles. The Morgan fingerprint density at radius 3 is 2.33 bits per heavy atom. The van der Waals surface area contributed by atoms with E-state index in [0.717, 1.165) is 6.07 Å². The van der Waals surface area contributed by atoms with E-state index in [4.69, 9.17) is 0 Å². The van der Waals surface area contributed by atoms with Crippen LogP contribution in [0.15, 0.2) is 24.3 Å². The van der Waals surface area contributed by atoms with Gasteiger partial charge >= 0.3 is 6.18 Å². The number of hydrogen-bond acceptors (Lipinski definition) is 3. The Bertz CT molecular complexity index is 508. The first kappa shape index (κ1) is 15.8. The summed E-state index contributed by atoms with van der Waals surface area (Å²) < 4.78 is 38.4. The van der Waals surface area contributed by atoms with Crippen LogP contribution < -0.4 is 0 Å². The lowest BCUT2D eigenvalue weighted by Crippen LogP contribution is -2.30. The van der Waals surface area contributed by atoms with Gasteiger partial charge in [-0.05, 0) is 18.1 Å². The minimum absolute atomic E-state index is 0.0148. The van der Waals surface area contributed by atoms with Gasteiger partial charge in [-0.1, -0.05) is 18.2 Å². The maximum Gasteiger partial charge on any atom is 0.416 e. The lowest BCUT2D eigenvalue weighted by Gasteiger charge is -2.16. The van der Waals surface area contributed by atoms with E-state index >= 15 is 0 Å². The van der Waals surface area contributed by atoms with Crippen molar-refractivity contribution in [2.24, 2.45) is 0 Å². The number of likely N-dealkylation sites (tertiary alicyclic amines) is 1. The second-order valence-corrected chi connectivity index (χ2v) is 5.09. The van der Waals surface area contributed by atoms with Gasteiger partial charge in [-0.3, -0.25) is 4.79 Å². The number of benzene rings is 1. The van der Waals surface area contributed by atoms with Crippen molar-refractivity contribution in [1.82, 2.24) is 4.90 Å². The van der Waals surface area contributed by atoms with Gasteiger partial charge in [0, 0.05) is 19.5 Å². The smallest absolute Gasteiger partial charge is 0.388 e. The van der Waals surface area contributed by atoms with Crippen LogP contribution in [0.2, 0.25) is 0 Å². The Balaban J connectivity index is 1.99. The number of rotatable bonds is 3. The number of carbonyl (C=O) groups is 1. The highest BCUT2D eigenvalue weighted by Gasteiger charge is 2.34. The van der Waals surface area contributed by atoms with Gasteiger partial charge in [-0.15, -0.1) is 0 Å². The van der Waals surface area contributed by atoms with Crippen LogP contribution in [0.4, 0.5) is 13.2 Å². The molecule has 1 aromatic rings. The fraction of sp³-hybridized carbons (Fsp3) is 0.500. The van der Waals surface area contributed by atoms with Crippen molar-refractivity contribution < 1.29 is 28.2 Å². The Morgan fingerprint density at radius 2 is 1.76 bits per heavy atom. The summed E-state index contributed by atoms with van der Waals surface area (Å²) in [6, 6.07) is 5.15. The third kappa shape index (κ3) is 3.74. The molecule has 1 aliphatic heterocycles. The van der Waals surface area contributed by atoms with Crippen molar-refractivity contribution in [2.45, 2.75) is 31.2 Å². The third-order valence-electron chi connectivity index (χ3n) is 3.54. The zero-order valence-corrected chi connectivity index (χ0v) is 11.2. The van der Waals surface area contributed by atoms with E-state index in [9.17, 15) is 28.2 Å². The average molecular weight is 303 g/mol. The van der Waals surface area contributed by atoms with Crippen LogP contribution in [0.3, 0.4) is 0 Å². The zero-order valence-electron chi connectivity index (χ0n) is 11.2. The lowest BCUT2D eigenvalue weighted by molar-refractivity contribution is -0.138. The van der Waals surface area contributed by atoms with Crippen molar-refractivity contribution in [3.63, 3.8) is 0 Å². The fourth-order valence-corrected chi connectivity index (χ4v) is 2.39. The van der Waals surface area contributed by atoms with Gasteiger partial charge in [0.2, 0.25) is 5.91 Å². The SMILES string of the molecule is O=C(CCc1ccccc1C(F)(F)F)N1C[C@H](O)[C@@H](O)C1. The van der Waals surface area contributed by atoms with E-state index < -0.39 is 23.9 Å². The molecule has 1 saturated heterocycles. The molecule has 0 aliphatic carbocycles. The summed E-state index contributed by atoms with van der Waals surface area (Å²) in [5, 5.41) is 18.7. The summed E-state index contributed by atoms with van der Waals surface area (Å²) in [4.78, 5) is 13.2. The number of amides is 1. The topological polar surface area (TPSA) is 60.8 Å². The molecule has 4 nitrogen and oxygen atoms in total. The second-order valence-electron chi connectivity index (χ2n) is 5.09. The van der Waals surface area contributed by atoms with Gasteiger partial charge in [0.25, 0.3) is 0 Å². The first-order valence-electron chi connectivity index (χ1n) is 6.58. The van der Waals surface area contributed by atoms with E-state index in [1.807, 2.05) is 0 Å². The fourth-order valence-electron chi connectivity index (χ4n) is 2.39. The van der Waals surface area contributed by atoms with Crippen LogP contribution in [-0.4, -0.2) is 46.3 Å². The molecule has 0 unspecified atom stereocenters. The van der Waals surface area contributed by atoms with Crippen molar-refractivity contribution in [2.75, 3.05) is 13.1 Å². The quantitative estimate of drug-likeness (QED) is 0.882. The van der Waals surface area contributed by atoms with Gasteiger partial charge in [0.1, 0.15) is 0 Å². The summed E-state index contributed by atoms with van der Waals surface area (Å²) in [5.41, 5.74) is -0.669. The number of β-amino-alcohol motifs (C(OH)–C–C–N with tert-alkyl or cyclic N) is 2. The molecule has 1 aliphatic rings. The number of halogens is 3. The lowest BCUT2D eigenvalue weighted by atomic mass is 10.0. The van der Waals surface area contributed by atoms with Crippen molar-refractivity contribution >= 4 is 5.91 Å². The highest BCUT2D eigenvalue weighted by atomic mass is 19.4. The number of aliphatic hydroxyl groups is 2. The van der Waals surface area contributed by atoms with Crippen LogP contribution in [0.25, 0.3) is 0 Å². The Hall–Kier alpha value is -1.60. The number of carbonyl (C=O) groups excluding carboxylic acids is 1.